The predicted octanol–water partition coefficient (Wildman–Crippen LogP) is 2.91. The normalized spacial score (nSPS) is 10.8. The predicted molar refractivity (Wildman–Crippen MR) is 81.5 cm³/mol. The third-order valence-electron chi connectivity index (χ3n) is 2.75. The van der Waals surface area contributed by atoms with Crippen LogP contribution in [0.3, 0.4) is 0 Å². The van der Waals surface area contributed by atoms with Crippen LogP contribution in [-0.4, -0.2) is 22.4 Å². The minimum Gasteiger partial charge on any atom is -0.356 e. The lowest BCUT2D eigenvalue weighted by molar-refractivity contribution is -0.121. The summed E-state index contributed by atoms with van der Waals surface area (Å²) in [6.07, 6.45) is 2.92. The highest BCUT2D eigenvalue weighted by atomic mass is 32.1. The summed E-state index contributed by atoms with van der Waals surface area (Å²) in [5.74, 6) is 0.570. The Labute approximate surface area is 123 Å². The van der Waals surface area contributed by atoms with Crippen molar-refractivity contribution in [3.63, 3.8) is 0 Å². The van der Waals surface area contributed by atoms with Crippen molar-refractivity contribution in [1.29, 1.82) is 0 Å². The third-order valence-corrected chi connectivity index (χ3v) is 3.67. The summed E-state index contributed by atoms with van der Waals surface area (Å²) in [4.78, 5) is 20.4. The van der Waals surface area contributed by atoms with E-state index < -0.39 is 0 Å². The van der Waals surface area contributed by atoms with Crippen LogP contribution in [-0.2, 0) is 11.2 Å². The zero-order valence-electron chi connectivity index (χ0n) is 11.8. The Morgan fingerprint density at radius 3 is 2.95 bits per heavy atom. The molecule has 4 nitrogen and oxygen atoms in total. The molecular formula is C15H19N3OS. The molecule has 2 aromatic heterocycles. The summed E-state index contributed by atoms with van der Waals surface area (Å²) in [6, 6.07) is 5.78. The van der Waals surface area contributed by atoms with Crippen LogP contribution in [0.15, 0.2) is 29.8 Å². The summed E-state index contributed by atoms with van der Waals surface area (Å²) in [6.45, 7) is 4.90. The Kier molecular flexibility index (Phi) is 5.24. The van der Waals surface area contributed by atoms with Gasteiger partial charge in [-0.2, -0.15) is 0 Å². The molecule has 1 N–H and O–H groups in total. The number of nitrogens with zero attached hydrogens (tertiary/aromatic N) is 2. The van der Waals surface area contributed by atoms with Gasteiger partial charge in [0, 0.05) is 24.5 Å². The number of aromatic nitrogens is 2. The van der Waals surface area contributed by atoms with Gasteiger partial charge in [-0.3, -0.25) is 9.78 Å². The van der Waals surface area contributed by atoms with Crippen LogP contribution in [0.5, 0.6) is 0 Å². The third kappa shape index (κ3) is 4.42. The van der Waals surface area contributed by atoms with Gasteiger partial charge in [0.25, 0.3) is 0 Å². The summed E-state index contributed by atoms with van der Waals surface area (Å²) >= 11 is 1.57. The fourth-order valence-electron chi connectivity index (χ4n) is 1.68. The molecule has 0 radical (unpaired) electrons. The van der Waals surface area contributed by atoms with E-state index in [1.807, 2.05) is 23.6 Å². The highest BCUT2D eigenvalue weighted by Crippen LogP contribution is 2.21. The van der Waals surface area contributed by atoms with Crippen molar-refractivity contribution in [3.05, 3.63) is 35.5 Å². The quantitative estimate of drug-likeness (QED) is 0.889. The van der Waals surface area contributed by atoms with E-state index in [-0.39, 0.29) is 5.91 Å². The van der Waals surface area contributed by atoms with E-state index in [4.69, 9.17) is 0 Å². The second kappa shape index (κ2) is 7.14. The molecule has 106 valence electrons. The second-order valence-electron chi connectivity index (χ2n) is 5.06. The van der Waals surface area contributed by atoms with Crippen molar-refractivity contribution in [1.82, 2.24) is 15.3 Å². The van der Waals surface area contributed by atoms with E-state index >= 15 is 0 Å². The number of hydrogen-bond donors (Lipinski definition) is 1. The van der Waals surface area contributed by atoms with Gasteiger partial charge in [0.15, 0.2) is 0 Å². The SMILES string of the molecule is CC(C)CNC(=O)CCc1csc(-c2ccccn2)n1. The summed E-state index contributed by atoms with van der Waals surface area (Å²) in [7, 11) is 0. The standard InChI is InChI=1S/C15H19N3OS/c1-11(2)9-17-14(19)7-6-12-10-20-15(18-12)13-5-3-4-8-16-13/h3-5,8,10-11H,6-7,9H2,1-2H3,(H,17,19). The maximum Gasteiger partial charge on any atom is 0.220 e. The molecule has 2 rings (SSSR count). The fraction of sp³-hybridized carbons (Fsp3) is 0.400. The smallest absolute Gasteiger partial charge is 0.220 e. The lowest BCUT2D eigenvalue weighted by Crippen LogP contribution is -2.27. The topological polar surface area (TPSA) is 54.9 Å². The Bertz CT molecular complexity index is 551. The number of amides is 1. The van der Waals surface area contributed by atoms with Gasteiger partial charge in [0.05, 0.1) is 11.4 Å². The van der Waals surface area contributed by atoms with Gasteiger partial charge >= 0.3 is 0 Å². The molecule has 2 aromatic rings. The van der Waals surface area contributed by atoms with Crippen LogP contribution in [0.2, 0.25) is 0 Å². The van der Waals surface area contributed by atoms with Crippen LogP contribution in [0.4, 0.5) is 0 Å². The van der Waals surface area contributed by atoms with Crippen molar-refractivity contribution in [2.24, 2.45) is 5.92 Å². The van der Waals surface area contributed by atoms with Crippen LogP contribution < -0.4 is 5.32 Å². The molecule has 0 atom stereocenters. The fourth-order valence-corrected chi connectivity index (χ4v) is 2.51. The average Bonchev–Trinajstić information content (AvgIpc) is 2.93. The molecule has 0 saturated heterocycles. The van der Waals surface area contributed by atoms with Crippen molar-refractivity contribution in [2.75, 3.05) is 6.54 Å². The molecule has 0 aliphatic carbocycles. The van der Waals surface area contributed by atoms with E-state index in [1.54, 1.807) is 17.5 Å². The van der Waals surface area contributed by atoms with Gasteiger partial charge in [-0.05, 0) is 24.5 Å². The number of carbonyl (C=O) groups excluding carboxylic acids is 1. The molecule has 0 saturated carbocycles. The molecule has 20 heavy (non-hydrogen) atoms. The molecule has 0 fully saturated rings. The minimum atomic E-state index is 0.0890. The van der Waals surface area contributed by atoms with Crippen LogP contribution in [0, 0.1) is 5.92 Å². The molecular weight excluding hydrogens is 270 g/mol. The lowest BCUT2D eigenvalue weighted by Gasteiger charge is -2.06. The van der Waals surface area contributed by atoms with Gasteiger partial charge in [0.1, 0.15) is 5.01 Å². The molecule has 2 heterocycles. The van der Waals surface area contributed by atoms with Crippen molar-refractivity contribution < 1.29 is 4.79 Å². The summed E-state index contributed by atoms with van der Waals surface area (Å²) < 4.78 is 0. The van der Waals surface area contributed by atoms with Crippen LogP contribution in [0.1, 0.15) is 26.0 Å². The molecule has 1 amide bonds. The molecule has 0 aromatic carbocycles. The lowest BCUT2D eigenvalue weighted by atomic mass is 10.2. The zero-order valence-corrected chi connectivity index (χ0v) is 12.6. The van der Waals surface area contributed by atoms with Crippen molar-refractivity contribution in [2.45, 2.75) is 26.7 Å². The van der Waals surface area contributed by atoms with Crippen molar-refractivity contribution >= 4 is 17.2 Å². The second-order valence-corrected chi connectivity index (χ2v) is 5.92. The Morgan fingerprint density at radius 2 is 2.25 bits per heavy atom. The molecule has 5 heteroatoms. The zero-order chi connectivity index (χ0) is 14.4. The maximum absolute atomic E-state index is 11.6. The van der Waals surface area contributed by atoms with Gasteiger partial charge < -0.3 is 5.32 Å². The minimum absolute atomic E-state index is 0.0890. The number of hydrogen-bond acceptors (Lipinski definition) is 4. The number of aryl methyl sites for hydroxylation is 1. The summed E-state index contributed by atoms with van der Waals surface area (Å²) in [5, 5.41) is 5.82. The Morgan fingerprint density at radius 1 is 1.40 bits per heavy atom. The number of pyridine rings is 1. The van der Waals surface area contributed by atoms with Gasteiger partial charge in [-0.25, -0.2) is 4.98 Å². The van der Waals surface area contributed by atoms with Crippen LogP contribution in [0.25, 0.3) is 10.7 Å². The largest absolute Gasteiger partial charge is 0.356 e. The van der Waals surface area contributed by atoms with Crippen molar-refractivity contribution in [3.8, 4) is 10.7 Å². The van der Waals surface area contributed by atoms with E-state index in [0.717, 1.165) is 22.9 Å². The highest BCUT2D eigenvalue weighted by Gasteiger charge is 2.08. The molecule has 0 aliphatic rings. The number of rotatable bonds is 6. The number of nitrogens with one attached hydrogen (secondary N) is 1. The summed E-state index contributed by atoms with van der Waals surface area (Å²) in [5.41, 5.74) is 1.84. The first kappa shape index (κ1) is 14.7. The van der Waals surface area contributed by atoms with E-state index in [0.29, 0.717) is 18.8 Å². The Balaban J connectivity index is 1.86. The van der Waals surface area contributed by atoms with E-state index in [9.17, 15) is 4.79 Å². The van der Waals surface area contributed by atoms with Crippen LogP contribution >= 0.6 is 11.3 Å². The molecule has 0 unspecified atom stereocenters. The first-order chi connectivity index (χ1) is 9.65. The number of thiazole rings is 1. The average molecular weight is 289 g/mol. The number of carbonyl (C=O) groups is 1. The molecule has 0 spiro atoms. The first-order valence-corrected chi connectivity index (χ1v) is 7.65. The molecule has 0 aliphatic heterocycles. The maximum atomic E-state index is 11.6. The van der Waals surface area contributed by atoms with Gasteiger partial charge in [0.2, 0.25) is 5.91 Å². The first-order valence-electron chi connectivity index (χ1n) is 6.77. The highest BCUT2D eigenvalue weighted by molar-refractivity contribution is 7.13. The van der Waals surface area contributed by atoms with E-state index in [2.05, 4.69) is 29.1 Å². The van der Waals surface area contributed by atoms with Gasteiger partial charge in [-0.15, -0.1) is 11.3 Å². The monoisotopic (exact) mass is 289 g/mol. The molecule has 0 bridgehead atoms. The Hall–Kier alpha value is -1.75. The van der Waals surface area contributed by atoms with Gasteiger partial charge in [-0.1, -0.05) is 19.9 Å². The van der Waals surface area contributed by atoms with E-state index in [1.165, 1.54) is 0 Å².